The molecule has 2 atom stereocenters. The van der Waals surface area contributed by atoms with Crippen molar-refractivity contribution in [2.45, 2.75) is 53.5 Å². The summed E-state index contributed by atoms with van der Waals surface area (Å²) in [6.07, 6.45) is 2.47. The average Bonchev–Trinajstić information content (AvgIpc) is 2.30. The fourth-order valence-electron chi connectivity index (χ4n) is 2.33. The van der Waals surface area contributed by atoms with Gasteiger partial charge in [0.1, 0.15) is 0 Å². The van der Waals surface area contributed by atoms with E-state index < -0.39 is 0 Å². The van der Waals surface area contributed by atoms with Crippen LogP contribution in [-0.2, 0) is 0 Å². The molecule has 1 aromatic carbocycles. The van der Waals surface area contributed by atoms with E-state index >= 15 is 0 Å². The van der Waals surface area contributed by atoms with Crippen LogP contribution in [0, 0.1) is 26.7 Å². The van der Waals surface area contributed by atoms with Crippen LogP contribution in [0.1, 0.15) is 55.0 Å². The summed E-state index contributed by atoms with van der Waals surface area (Å²) in [6, 6.07) is 5.16. The van der Waals surface area contributed by atoms with E-state index in [1.165, 1.54) is 35.1 Å². The average molecular weight is 233 g/mol. The Morgan fingerprint density at radius 3 is 2.18 bits per heavy atom. The number of benzene rings is 1. The molecule has 1 nitrogen and oxygen atoms in total. The highest BCUT2D eigenvalue weighted by Gasteiger charge is 2.15. The lowest BCUT2D eigenvalue weighted by molar-refractivity contribution is 0.421. The van der Waals surface area contributed by atoms with Gasteiger partial charge < -0.3 is 5.32 Å². The molecular weight excluding hydrogens is 206 g/mol. The smallest absolute Gasteiger partial charge is 0.0322 e. The van der Waals surface area contributed by atoms with Gasteiger partial charge in [-0.2, -0.15) is 0 Å². The summed E-state index contributed by atoms with van der Waals surface area (Å²) in [6.45, 7) is 11.2. The maximum atomic E-state index is 3.47. The SMILES string of the molecule is CCC(C)CC(NC)c1cc(C)c(C)cc1C. The van der Waals surface area contributed by atoms with E-state index in [0.29, 0.717) is 6.04 Å². The van der Waals surface area contributed by atoms with Crippen molar-refractivity contribution in [1.82, 2.24) is 5.32 Å². The molecule has 0 aliphatic heterocycles. The summed E-state index contributed by atoms with van der Waals surface area (Å²) in [5.74, 6) is 0.772. The first kappa shape index (κ1) is 14.2. The molecule has 0 amide bonds. The third-order valence-electron chi connectivity index (χ3n) is 3.94. The Hall–Kier alpha value is -0.820. The van der Waals surface area contributed by atoms with Gasteiger partial charge in [0.05, 0.1) is 0 Å². The number of rotatable bonds is 5. The Morgan fingerprint density at radius 1 is 1.06 bits per heavy atom. The minimum absolute atomic E-state index is 0.490. The van der Waals surface area contributed by atoms with E-state index in [0.717, 1.165) is 5.92 Å². The van der Waals surface area contributed by atoms with Gasteiger partial charge in [0.2, 0.25) is 0 Å². The molecule has 1 aromatic rings. The van der Waals surface area contributed by atoms with Crippen LogP contribution in [0.15, 0.2) is 12.1 Å². The molecule has 0 heterocycles. The third-order valence-corrected chi connectivity index (χ3v) is 3.94. The van der Waals surface area contributed by atoms with Crippen molar-refractivity contribution in [1.29, 1.82) is 0 Å². The van der Waals surface area contributed by atoms with Crippen LogP contribution in [-0.4, -0.2) is 7.05 Å². The number of aryl methyl sites for hydroxylation is 3. The highest BCUT2D eigenvalue weighted by Crippen LogP contribution is 2.27. The predicted molar refractivity (Wildman–Crippen MR) is 76.5 cm³/mol. The molecule has 0 aliphatic rings. The molecule has 1 rings (SSSR count). The van der Waals surface area contributed by atoms with Crippen molar-refractivity contribution in [2.24, 2.45) is 5.92 Å². The lowest BCUT2D eigenvalue weighted by Crippen LogP contribution is -2.20. The van der Waals surface area contributed by atoms with Crippen LogP contribution >= 0.6 is 0 Å². The molecule has 1 N–H and O–H groups in total. The number of hydrogen-bond donors (Lipinski definition) is 1. The van der Waals surface area contributed by atoms with Gasteiger partial charge in [-0.25, -0.2) is 0 Å². The zero-order valence-electron chi connectivity index (χ0n) is 12.2. The van der Waals surface area contributed by atoms with E-state index in [1.54, 1.807) is 0 Å². The highest BCUT2D eigenvalue weighted by molar-refractivity contribution is 5.38. The molecule has 96 valence electrons. The van der Waals surface area contributed by atoms with Crippen molar-refractivity contribution >= 4 is 0 Å². The lowest BCUT2D eigenvalue weighted by atomic mass is 9.90. The van der Waals surface area contributed by atoms with E-state index in [-0.39, 0.29) is 0 Å². The van der Waals surface area contributed by atoms with Gasteiger partial charge >= 0.3 is 0 Å². The fourth-order valence-corrected chi connectivity index (χ4v) is 2.33. The van der Waals surface area contributed by atoms with Gasteiger partial charge in [0, 0.05) is 6.04 Å². The molecule has 1 heteroatoms. The Labute approximate surface area is 107 Å². The maximum Gasteiger partial charge on any atom is 0.0322 e. The van der Waals surface area contributed by atoms with Crippen LogP contribution in [0.2, 0.25) is 0 Å². The van der Waals surface area contributed by atoms with Crippen molar-refractivity contribution in [3.05, 3.63) is 34.4 Å². The molecule has 0 aromatic heterocycles. The van der Waals surface area contributed by atoms with E-state index in [4.69, 9.17) is 0 Å². The van der Waals surface area contributed by atoms with Gasteiger partial charge in [0.15, 0.2) is 0 Å². The summed E-state index contributed by atoms with van der Waals surface area (Å²) in [5, 5.41) is 3.47. The van der Waals surface area contributed by atoms with Crippen LogP contribution in [0.5, 0.6) is 0 Å². The summed E-state index contributed by atoms with van der Waals surface area (Å²) in [7, 11) is 2.07. The Balaban J connectivity index is 2.99. The van der Waals surface area contributed by atoms with Gasteiger partial charge in [0.25, 0.3) is 0 Å². The molecule has 0 aliphatic carbocycles. The second kappa shape index (κ2) is 6.20. The standard InChI is InChI=1S/C16H27N/c1-7-11(2)8-16(17-6)15-10-13(4)12(3)9-14(15)5/h9-11,16-17H,7-8H2,1-6H3. The number of hydrogen-bond acceptors (Lipinski definition) is 1. The monoisotopic (exact) mass is 233 g/mol. The molecule has 0 saturated carbocycles. The summed E-state index contributed by atoms with van der Waals surface area (Å²) in [4.78, 5) is 0. The predicted octanol–water partition coefficient (Wildman–Crippen LogP) is 4.31. The van der Waals surface area contributed by atoms with Crippen LogP contribution in [0.3, 0.4) is 0 Å². The second-order valence-corrected chi connectivity index (χ2v) is 5.38. The van der Waals surface area contributed by atoms with Crippen molar-refractivity contribution in [3.63, 3.8) is 0 Å². The summed E-state index contributed by atoms with van der Waals surface area (Å²) < 4.78 is 0. The van der Waals surface area contributed by atoms with Gasteiger partial charge in [-0.3, -0.25) is 0 Å². The first-order valence-electron chi connectivity index (χ1n) is 6.74. The van der Waals surface area contributed by atoms with Crippen LogP contribution in [0.4, 0.5) is 0 Å². The zero-order chi connectivity index (χ0) is 13.0. The second-order valence-electron chi connectivity index (χ2n) is 5.38. The van der Waals surface area contributed by atoms with Gasteiger partial charge in [-0.05, 0) is 62.4 Å². The largest absolute Gasteiger partial charge is 0.313 e. The first-order valence-corrected chi connectivity index (χ1v) is 6.74. The first-order chi connectivity index (χ1) is 7.99. The Morgan fingerprint density at radius 2 is 1.65 bits per heavy atom. The molecule has 0 bridgehead atoms. The summed E-state index contributed by atoms with van der Waals surface area (Å²) in [5.41, 5.74) is 5.67. The van der Waals surface area contributed by atoms with E-state index in [1.807, 2.05) is 0 Å². The molecular formula is C16H27N. The fraction of sp³-hybridized carbons (Fsp3) is 0.625. The third kappa shape index (κ3) is 3.57. The molecule has 0 saturated heterocycles. The van der Waals surface area contributed by atoms with Crippen LogP contribution in [0.25, 0.3) is 0 Å². The molecule has 17 heavy (non-hydrogen) atoms. The van der Waals surface area contributed by atoms with E-state index in [9.17, 15) is 0 Å². The molecule has 0 fully saturated rings. The zero-order valence-corrected chi connectivity index (χ0v) is 12.2. The summed E-state index contributed by atoms with van der Waals surface area (Å²) >= 11 is 0. The Bertz CT molecular complexity index is 368. The van der Waals surface area contributed by atoms with Gasteiger partial charge in [-0.1, -0.05) is 32.4 Å². The molecule has 0 spiro atoms. The van der Waals surface area contributed by atoms with Crippen molar-refractivity contribution in [2.75, 3.05) is 7.05 Å². The minimum atomic E-state index is 0.490. The maximum absolute atomic E-state index is 3.47. The normalized spacial score (nSPS) is 14.7. The minimum Gasteiger partial charge on any atom is -0.313 e. The quantitative estimate of drug-likeness (QED) is 0.799. The van der Waals surface area contributed by atoms with Gasteiger partial charge in [-0.15, -0.1) is 0 Å². The molecule has 2 unspecified atom stereocenters. The lowest BCUT2D eigenvalue weighted by Gasteiger charge is -2.23. The van der Waals surface area contributed by atoms with Crippen molar-refractivity contribution in [3.8, 4) is 0 Å². The molecule has 0 radical (unpaired) electrons. The highest BCUT2D eigenvalue weighted by atomic mass is 14.9. The topological polar surface area (TPSA) is 12.0 Å². The van der Waals surface area contributed by atoms with Crippen LogP contribution < -0.4 is 5.32 Å². The Kier molecular flexibility index (Phi) is 5.20. The van der Waals surface area contributed by atoms with E-state index in [2.05, 4.69) is 59.1 Å². The number of nitrogens with one attached hydrogen (secondary N) is 1. The van der Waals surface area contributed by atoms with Crippen molar-refractivity contribution < 1.29 is 0 Å².